The fraction of sp³-hybridized carbons (Fsp3) is 0.278. The molecule has 0 fully saturated rings. The first kappa shape index (κ1) is 13.2. The summed E-state index contributed by atoms with van der Waals surface area (Å²) in [6.07, 6.45) is 0.454. The van der Waals surface area contributed by atoms with Crippen molar-refractivity contribution < 1.29 is 14.3 Å². The Morgan fingerprint density at radius 1 is 1.09 bits per heavy atom. The standard InChI is InChI=1S/C18H17NO3/c1-11-3-2-4-12(7-11)13-9-18(20)19-15-10-17-16(8-14(13)15)21-5-6-22-17/h2-4,7-8,10,13H,5-6,9H2,1H3,(H,19,20)/t13-/m1/s1. The molecule has 2 aromatic rings. The summed E-state index contributed by atoms with van der Waals surface area (Å²) in [7, 11) is 0. The van der Waals surface area contributed by atoms with Gasteiger partial charge in [0.05, 0.1) is 0 Å². The molecular formula is C18H17NO3. The van der Waals surface area contributed by atoms with Crippen molar-refractivity contribution in [3.63, 3.8) is 0 Å². The summed E-state index contributed by atoms with van der Waals surface area (Å²) < 4.78 is 11.3. The number of aryl methyl sites for hydroxylation is 1. The number of amides is 1. The lowest BCUT2D eigenvalue weighted by molar-refractivity contribution is -0.116. The molecule has 2 heterocycles. The van der Waals surface area contributed by atoms with Crippen LogP contribution in [0.5, 0.6) is 11.5 Å². The Labute approximate surface area is 129 Å². The molecule has 22 heavy (non-hydrogen) atoms. The minimum absolute atomic E-state index is 0.0377. The molecule has 2 aliphatic rings. The van der Waals surface area contributed by atoms with Gasteiger partial charge in [-0.3, -0.25) is 4.79 Å². The second-order valence-corrected chi connectivity index (χ2v) is 5.80. The molecule has 4 nitrogen and oxygen atoms in total. The fourth-order valence-electron chi connectivity index (χ4n) is 3.18. The molecule has 1 atom stereocenters. The van der Waals surface area contributed by atoms with Crippen LogP contribution in [0, 0.1) is 6.92 Å². The first-order valence-corrected chi connectivity index (χ1v) is 7.50. The molecule has 0 spiro atoms. The van der Waals surface area contributed by atoms with Crippen molar-refractivity contribution in [3.05, 3.63) is 53.1 Å². The summed E-state index contributed by atoms with van der Waals surface area (Å²) in [5.41, 5.74) is 4.27. The van der Waals surface area contributed by atoms with E-state index in [2.05, 4.69) is 30.4 Å². The molecule has 0 aromatic heterocycles. The van der Waals surface area contributed by atoms with Gasteiger partial charge in [0, 0.05) is 24.1 Å². The summed E-state index contributed by atoms with van der Waals surface area (Å²) in [6, 6.07) is 12.2. The lowest BCUT2D eigenvalue weighted by atomic mass is 9.84. The number of carbonyl (C=O) groups is 1. The minimum Gasteiger partial charge on any atom is -0.486 e. The highest BCUT2D eigenvalue weighted by Gasteiger charge is 2.29. The van der Waals surface area contributed by atoms with Crippen LogP contribution < -0.4 is 14.8 Å². The number of ether oxygens (including phenoxy) is 2. The number of fused-ring (bicyclic) bond motifs is 2. The molecule has 0 aliphatic carbocycles. The molecule has 0 saturated heterocycles. The Balaban J connectivity index is 1.84. The van der Waals surface area contributed by atoms with E-state index in [1.54, 1.807) is 0 Å². The van der Waals surface area contributed by atoms with Crippen molar-refractivity contribution in [2.24, 2.45) is 0 Å². The van der Waals surface area contributed by atoms with Gasteiger partial charge < -0.3 is 14.8 Å². The van der Waals surface area contributed by atoms with Gasteiger partial charge in [-0.05, 0) is 24.1 Å². The number of nitrogens with one attached hydrogen (secondary N) is 1. The van der Waals surface area contributed by atoms with Crippen molar-refractivity contribution >= 4 is 11.6 Å². The topological polar surface area (TPSA) is 47.6 Å². The maximum atomic E-state index is 12.1. The zero-order chi connectivity index (χ0) is 15.1. The maximum absolute atomic E-state index is 12.1. The summed E-state index contributed by atoms with van der Waals surface area (Å²) in [4.78, 5) is 12.1. The Bertz CT molecular complexity index is 754. The third kappa shape index (κ3) is 2.21. The third-order valence-corrected chi connectivity index (χ3v) is 4.20. The zero-order valence-electron chi connectivity index (χ0n) is 12.4. The van der Waals surface area contributed by atoms with E-state index >= 15 is 0 Å². The molecule has 0 saturated carbocycles. The van der Waals surface area contributed by atoms with Gasteiger partial charge in [-0.2, -0.15) is 0 Å². The second-order valence-electron chi connectivity index (χ2n) is 5.80. The van der Waals surface area contributed by atoms with E-state index in [0.717, 1.165) is 22.6 Å². The molecule has 4 heteroatoms. The quantitative estimate of drug-likeness (QED) is 0.878. The van der Waals surface area contributed by atoms with Crippen LogP contribution in [0.1, 0.15) is 29.0 Å². The number of carbonyl (C=O) groups excluding carboxylic acids is 1. The highest BCUT2D eigenvalue weighted by Crippen LogP contribution is 2.43. The Morgan fingerprint density at radius 3 is 2.64 bits per heavy atom. The van der Waals surface area contributed by atoms with E-state index in [1.165, 1.54) is 5.56 Å². The Morgan fingerprint density at radius 2 is 1.86 bits per heavy atom. The minimum atomic E-state index is 0.0377. The van der Waals surface area contributed by atoms with E-state index in [0.29, 0.717) is 25.4 Å². The van der Waals surface area contributed by atoms with Crippen LogP contribution in [0.3, 0.4) is 0 Å². The lowest BCUT2D eigenvalue weighted by Gasteiger charge is -2.29. The predicted octanol–water partition coefficient (Wildman–Crippen LogP) is 3.24. The number of benzene rings is 2. The fourth-order valence-corrected chi connectivity index (χ4v) is 3.18. The van der Waals surface area contributed by atoms with Gasteiger partial charge >= 0.3 is 0 Å². The van der Waals surface area contributed by atoms with Gasteiger partial charge in [0.1, 0.15) is 13.2 Å². The SMILES string of the molecule is Cc1cccc([C@H]2CC(=O)Nc3cc4c(cc32)OCCO4)c1. The van der Waals surface area contributed by atoms with Gasteiger partial charge in [-0.15, -0.1) is 0 Å². The van der Waals surface area contributed by atoms with Crippen LogP contribution in [0.15, 0.2) is 36.4 Å². The van der Waals surface area contributed by atoms with Crippen LogP contribution in [0.4, 0.5) is 5.69 Å². The van der Waals surface area contributed by atoms with E-state index in [4.69, 9.17) is 9.47 Å². The number of rotatable bonds is 1. The molecule has 0 bridgehead atoms. The van der Waals surface area contributed by atoms with Gasteiger partial charge in [0.25, 0.3) is 0 Å². The Hall–Kier alpha value is -2.49. The molecule has 0 radical (unpaired) electrons. The predicted molar refractivity (Wildman–Crippen MR) is 83.7 cm³/mol. The molecule has 1 amide bonds. The monoisotopic (exact) mass is 295 g/mol. The Kier molecular flexibility index (Phi) is 3.03. The van der Waals surface area contributed by atoms with Gasteiger partial charge in [0.15, 0.2) is 11.5 Å². The molecule has 2 aliphatic heterocycles. The largest absolute Gasteiger partial charge is 0.486 e. The van der Waals surface area contributed by atoms with Crippen molar-refractivity contribution in [1.29, 1.82) is 0 Å². The number of hydrogen-bond acceptors (Lipinski definition) is 3. The highest BCUT2D eigenvalue weighted by atomic mass is 16.6. The van der Waals surface area contributed by atoms with Crippen LogP contribution in [0.25, 0.3) is 0 Å². The second kappa shape index (κ2) is 5.05. The zero-order valence-corrected chi connectivity index (χ0v) is 12.4. The van der Waals surface area contributed by atoms with Crippen molar-refractivity contribution in [3.8, 4) is 11.5 Å². The van der Waals surface area contributed by atoms with Crippen molar-refractivity contribution in [1.82, 2.24) is 0 Å². The van der Waals surface area contributed by atoms with E-state index in [-0.39, 0.29) is 11.8 Å². The average molecular weight is 295 g/mol. The number of anilines is 1. The highest BCUT2D eigenvalue weighted by molar-refractivity contribution is 5.96. The summed E-state index contributed by atoms with van der Waals surface area (Å²) >= 11 is 0. The van der Waals surface area contributed by atoms with Crippen LogP contribution >= 0.6 is 0 Å². The third-order valence-electron chi connectivity index (χ3n) is 4.20. The summed E-state index contributed by atoms with van der Waals surface area (Å²) in [5.74, 6) is 1.56. The van der Waals surface area contributed by atoms with Crippen molar-refractivity contribution in [2.75, 3.05) is 18.5 Å². The molecule has 1 N–H and O–H groups in total. The summed E-state index contributed by atoms with van der Waals surface area (Å²) in [5, 5.41) is 2.95. The molecular weight excluding hydrogens is 278 g/mol. The molecule has 2 aromatic carbocycles. The van der Waals surface area contributed by atoms with Gasteiger partial charge in [-0.1, -0.05) is 29.8 Å². The average Bonchev–Trinajstić information content (AvgIpc) is 2.52. The van der Waals surface area contributed by atoms with Gasteiger partial charge in [-0.25, -0.2) is 0 Å². The normalized spacial score (nSPS) is 19.3. The van der Waals surface area contributed by atoms with E-state index in [1.807, 2.05) is 18.2 Å². The smallest absolute Gasteiger partial charge is 0.225 e. The van der Waals surface area contributed by atoms with E-state index in [9.17, 15) is 4.79 Å². The molecule has 4 rings (SSSR count). The van der Waals surface area contributed by atoms with E-state index < -0.39 is 0 Å². The van der Waals surface area contributed by atoms with Gasteiger partial charge in [0.2, 0.25) is 5.91 Å². The maximum Gasteiger partial charge on any atom is 0.225 e. The molecule has 0 unspecified atom stereocenters. The van der Waals surface area contributed by atoms with Crippen LogP contribution in [-0.2, 0) is 4.79 Å². The van der Waals surface area contributed by atoms with Crippen LogP contribution in [-0.4, -0.2) is 19.1 Å². The van der Waals surface area contributed by atoms with Crippen molar-refractivity contribution in [2.45, 2.75) is 19.3 Å². The van der Waals surface area contributed by atoms with Crippen LogP contribution in [0.2, 0.25) is 0 Å². The lowest BCUT2D eigenvalue weighted by Crippen LogP contribution is -2.24. The first-order valence-electron chi connectivity index (χ1n) is 7.50. The molecule has 112 valence electrons. The summed E-state index contributed by atoms with van der Waals surface area (Å²) in [6.45, 7) is 3.17. The first-order chi connectivity index (χ1) is 10.7. The number of hydrogen-bond donors (Lipinski definition) is 1.